The molecule has 0 amide bonds. The van der Waals surface area contributed by atoms with Crippen molar-refractivity contribution >= 4 is 0 Å². The van der Waals surface area contributed by atoms with Crippen LogP contribution in [-0.2, 0) is 0 Å². The summed E-state index contributed by atoms with van der Waals surface area (Å²) in [5.74, 6) is 0. The molecular formula is C8H15N3. The fraction of sp³-hybridized carbons (Fsp3) is 0.500. The summed E-state index contributed by atoms with van der Waals surface area (Å²) < 4.78 is 0. The molecule has 1 rings (SSSR count). The van der Waals surface area contributed by atoms with Gasteiger partial charge in [-0.05, 0) is 18.6 Å². The summed E-state index contributed by atoms with van der Waals surface area (Å²) in [6.45, 7) is 2.84. The molecule has 62 valence electrons. The number of nitrogens with two attached hydrogens (primary N) is 1. The molecule has 0 aromatic heterocycles. The van der Waals surface area contributed by atoms with Crippen molar-refractivity contribution in [1.82, 2.24) is 10.0 Å². The molecule has 0 aromatic carbocycles. The number of rotatable bonds is 1. The fourth-order valence-electron chi connectivity index (χ4n) is 1.10. The molecule has 0 spiro atoms. The minimum atomic E-state index is 0.796. The van der Waals surface area contributed by atoms with E-state index in [1.54, 1.807) is 0 Å². The average Bonchev–Trinajstić information content (AvgIpc) is 1.85. The molecule has 0 fully saturated rings. The predicted octanol–water partition coefficient (Wildman–Crippen LogP) is 0.525. The summed E-state index contributed by atoms with van der Waals surface area (Å²) in [6.07, 6.45) is 4.08. The minimum Gasteiger partial charge on any atom is -0.401 e. The average molecular weight is 153 g/mol. The van der Waals surface area contributed by atoms with Crippen LogP contribution in [0.25, 0.3) is 0 Å². The first-order chi connectivity index (χ1) is 5.09. The van der Waals surface area contributed by atoms with Crippen LogP contribution >= 0.6 is 0 Å². The Morgan fingerprint density at radius 2 is 2.18 bits per heavy atom. The van der Waals surface area contributed by atoms with Crippen molar-refractivity contribution in [1.29, 1.82) is 0 Å². The Bertz CT molecular complexity index is 203. The Hall–Kier alpha value is -0.960. The molecule has 0 atom stereocenters. The molecule has 0 bridgehead atoms. The van der Waals surface area contributed by atoms with Crippen molar-refractivity contribution in [2.24, 2.45) is 5.73 Å². The highest BCUT2D eigenvalue weighted by atomic mass is 15.6. The molecule has 0 saturated carbocycles. The third-order valence-corrected chi connectivity index (χ3v) is 1.62. The summed E-state index contributed by atoms with van der Waals surface area (Å²) in [6, 6.07) is 0. The van der Waals surface area contributed by atoms with E-state index in [9.17, 15) is 0 Å². The van der Waals surface area contributed by atoms with Crippen molar-refractivity contribution < 1.29 is 0 Å². The first-order valence-corrected chi connectivity index (χ1v) is 3.68. The van der Waals surface area contributed by atoms with E-state index >= 15 is 0 Å². The Kier molecular flexibility index (Phi) is 2.19. The predicted molar refractivity (Wildman–Crippen MR) is 46.4 cm³/mol. The summed E-state index contributed by atoms with van der Waals surface area (Å²) in [5, 5.41) is 4.09. The zero-order valence-electron chi connectivity index (χ0n) is 7.33. The first kappa shape index (κ1) is 8.14. The van der Waals surface area contributed by atoms with E-state index in [-0.39, 0.29) is 0 Å². The van der Waals surface area contributed by atoms with Gasteiger partial charge in [-0.15, -0.1) is 0 Å². The van der Waals surface area contributed by atoms with Crippen molar-refractivity contribution in [2.75, 3.05) is 20.6 Å². The fourth-order valence-corrected chi connectivity index (χ4v) is 1.10. The van der Waals surface area contributed by atoms with Crippen LogP contribution in [0.4, 0.5) is 0 Å². The van der Waals surface area contributed by atoms with Gasteiger partial charge in [0.15, 0.2) is 0 Å². The number of nitrogens with zero attached hydrogens (tertiary/aromatic N) is 2. The summed E-state index contributed by atoms with van der Waals surface area (Å²) in [5.41, 5.74) is 7.82. The third kappa shape index (κ3) is 1.98. The lowest BCUT2D eigenvalue weighted by Gasteiger charge is -2.30. The molecule has 0 radical (unpaired) electrons. The Morgan fingerprint density at radius 1 is 1.55 bits per heavy atom. The first-order valence-electron chi connectivity index (χ1n) is 3.68. The number of hydrogen-bond donors (Lipinski definition) is 1. The van der Waals surface area contributed by atoms with E-state index < -0.39 is 0 Å². The monoisotopic (exact) mass is 153 g/mol. The lowest BCUT2D eigenvalue weighted by molar-refractivity contribution is 0.0907. The van der Waals surface area contributed by atoms with Gasteiger partial charge in [-0.2, -0.15) is 0 Å². The highest BCUT2D eigenvalue weighted by Crippen LogP contribution is 2.09. The van der Waals surface area contributed by atoms with Gasteiger partial charge in [0.05, 0.1) is 6.54 Å². The molecule has 3 heteroatoms. The third-order valence-electron chi connectivity index (χ3n) is 1.62. The van der Waals surface area contributed by atoms with E-state index in [0.717, 1.165) is 12.2 Å². The van der Waals surface area contributed by atoms with E-state index in [0.29, 0.717) is 0 Å². The molecule has 0 unspecified atom stereocenters. The van der Waals surface area contributed by atoms with Crippen LogP contribution in [0, 0.1) is 0 Å². The van der Waals surface area contributed by atoms with Crippen molar-refractivity contribution in [3.8, 4) is 0 Å². The molecule has 1 aliphatic heterocycles. The molecule has 1 aliphatic rings. The summed E-state index contributed by atoms with van der Waals surface area (Å²) >= 11 is 0. The van der Waals surface area contributed by atoms with Crippen LogP contribution in [0.2, 0.25) is 0 Å². The van der Waals surface area contributed by atoms with Crippen molar-refractivity contribution in [3.63, 3.8) is 0 Å². The zero-order valence-corrected chi connectivity index (χ0v) is 7.33. The van der Waals surface area contributed by atoms with E-state index in [4.69, 9.17) is 5.73 Å². The van der Waals surface area contributed by atoms with Crippen LogP contribution in [-0.4, -0.2) is 30.7 Å². The summed E-state index contributed by atoms with van der Waals surface area (Å²) in [7, 11) is 4.00. The van der Waals surface area contributed by atoms with Crippen LogP contribution in [0.5, 0.6) is 0 Å². The van der Waals surface area contributed by atoms with Gasteiger partial charge < -0.3 is 10.7 Å². The lowest BCUT2D eigenvalue weighted by Crippen LogP contribution is -2.37. The lowest BCUT2D eigenvalue weighted by atomic mass is 10.2. The van der Waals surface area contributed by atoms with Gasteiger partial charge in [0.2, 0.25) is 0 Å². The maximum Gasteiger partial charge on any atom is 0.0735 e. The Labute approximate surface area is 67.7 Å². The van der Waals surface area contributed by atoms with E-state index in [2.05, 4.69) is 11.2 Å². The van der Waals surface area contributed by atoms with Gasteiger partial charge >= 0.3 is 0 Å². The largest absolute Gasteiger partial charge is 0.401 e. The second-order valence-electron chi connectivity index (χ2n) is 3.04. The normalized spacial score (nSPS) is 18.4. The molecule has 1 heterocycles. The van der Waals surface area contributed by atoms with Crippen LogP contribution in [0.15, 0.2) is 23.5 Å². The van der Waals surface area contributed by atoms with E-state index in [1.165, 1.54) is 5.57 Å². The summed E-state index contributed by atoms with van der Waals surface area (Å²) in [4.78, 5) is 0. The quantitative estimate of drug-likeness (QED) is 0.596. The molecule has 11 heavy (non-hydrogen) atoms. The number of allylic oxidation sites excluding steroid dienone is 2. The van der Waals surface area contributed by atoms with Gasteiger partial charge in [-0.1, -0.05) is 0 Å². The molecule has 0 saturated heterocycles. The molecule has 2 N–H and O–H groups in total. The van der Waals surface area contributed by atoms with Crippen LogP contribution in [0.3, 0.4) is 0 Å². The molecule has 0 aliphatic carbocycles. The van der Waals surface area contributed by atoms with Gasteiger partial charge in [0, 0.05) is 26.0 Å². The highest BCUT2D eigenvalue weighted by Gasteiger charge is 2.08. The second kappa shape index (κ2) is 2.96. The SMILES string of the molecule is CC1=CN(N(C)C)CC(N)=C1. The highest BCUT2D eigenvalue weighted by molar-refractivity contribution is 5.24. The standard InChI is InChI=1S/C8H15N3/c1-7-4-8(9)6-11(5-7)10(2)3/h4-5H,6,9H2,1-3H3. The maximum absolute atomic E-state index is 5.71. The van der Waals surface area contributed by atoms with Crippen LogP contribution in [0.1, 0.15) is 6.92 Å². The second-order valence-corrected chi connectivity index (χ2v) is 3.04. The molecule has 0 aromatic rings. The van der Waals surface area contributed by atoms with Crippen molar-refractivity contribution in [3.05, 3.63) is 23.5 Å². The number of hydrazine groups is 1. The molecule has 3 nitrogen and oxygen atoms in total. The van der Waals surface area contributed by atoms with Gasteiger partial charge in [-0.3, -0.25) is 0 Å². The van der Waals surface area contributed by atoms with E-state index in [1.807, 2.05) is 32.1 Å². The van der Waals surface area contributed by atoms with Crippen LogP contribution < -0.4 is 5.73 Å². The zero-order chi connectivity index (χ0) is 8.43. The Balaban J connectivity index is 2.71. The van der Waals surface area contributed by atoms with Gasteiger partial charge in [0.1, 0.15) is 0 Å². The smallest absolute Gasteiger partial charge is 0.0735 e. The Morgan fingerprint density at radius 3 is 2.64 bits per heavy atom. The van der Waals surface area contributed by atoms with Gasteiger partial charge in [0.25, 0.3) is 0 Å². The van der Waals surface area contributed by atoms with Gasteiger partial charge in [-0.25, -0.2) is 5.01 Å². The van der Waals surface area contributed by atoms with Crippen molar-refractivity contribution in [2.45, 2.75) is 6.92 Å². The minimum absolute atomic E-state index is 0.796. The topological polar surface area (TPSA) is 32.5 Å². The maximum atomic E-state index is 5.71. The molecular weight excluding hydrogens is 138 g/mol. The number of hydrogen-bond acceptors (Lipinski definition) is 3.